The van der Waals surface area contributed by atoms with E-state index in [1.54, 1.807) is 0 Å². The van der Waals surface area contributed by atoms with Crippen molar-refractivity contribution in [3.05, 3.63) is 34.9 Å². The Balaban J connectivity index is 0.00000176. The van der Waals surface area contributed by atoms with Gasteiger partial charge in [-0.25, -0.2) is 0 Å². The molecule has 0 saturated heterocycles. The highest BCUT2D eigenvalue weighted by Crippen LogP contribution is 2.48. The molecular formula is C17H24Cl2N2O. The standard InChI is InChI=1S/C17H23ClN2O.ClH/c1-2-20(10-11-4-3-5-14(18)8-11)17(21)15-12-6-7-13(9-12)16(15)19;/h3-5,8,12-13,15-16H,2,6-7,9-10,19H2,1H3;1H. The second-order valence-electron chi connectivity index (χ2n) is 6.42. The van der Waals surface area contributed by atoms with Gasteiger partial charge in [-0.2, -0.15) is 0 Å². The number of amides is 1. The van der Waals surface area contributed by atoms with Crippen LogP contribution >= 0.6 is 24.0 Å². The maximum absolute atomic E-state index is 12.9. The predicted octanol–water partition coefficient (Wildman–Crippen LogP) is 3.48. The van der Waals surface area contributed by atoms with Gasteiger partial charge in [0.2, 0.25) is 5.91 Å². The number of rotatable bonds is 4. The van der Waals surface area contributed by atoms with E-state index < -0.39 is 0 Å². The molecule has 2 bridgehead atoms. The summed E-state index contributed by atoms with van der Waals surface area (Å²) < 4.78 is 0. The van der Waals surface area contributed by atoms with E-state index in [1.807, 2.05) is 36.1 Å². The SMILES string of the molecule is CCN(Cc1cccc(Cl)c1)C(=O)C1C2CCC(C2)C1N.Cl. The highest BCUT2D eigenvalue weighted by Gasteiger charge is 2.49. The van der Waals surface area contributed by atoms with Crippen molar-refractivity contribution in [3.8, 4) is 0 Å². The number of benzene rings is 1. The molecule has 1 aromatic carbocycles. The number of carbonyl (C=O) groups is 1. The Morgan fingerprint density at radius 2 is 2.09 bits per heavy atom. The first-order chi connectivity index (χ1) is 10.1. The van der Waals surface area contributed by atoms with Crippen molar-refractivity contribution in [3.63, 3.8) is 0 Å². The molecule has 3 rings (SSSR count). The molecule has 4 atom stereocenters. The van der Waals surface area contributed by atoms with Crippen LogP contribution in [0.15, 0.2) is 24.3 Å². The number of fused-ring (bicyclic) bond motifs is 2. The number of carbonyl (C=O) groups excluding carboxylic acids is 1. The van der Waals surface area contributed by atoms with E-state index in [9.17, 15) is 4.79 Å². The Kier molecular flexibility index (Phi) is 5.76. The van der Waals surface area contributed by atoms with Gasteiger partial charge in [0.1, 0.15) is 0 Å². The van der Waals surface area contributed by atoms with Gasteiger partial charge in [-0.3, -0.25) is 4.79 Å². The van der Waals surface area contributed by atoms with E-state index in [0.29, 0.717) is 29.9 Å². The van der Waals surface area contributed by atoms with Crippen LogP contribution in [0.2, 0.25) is 5.02 Å². The summed E-state index contributed by atoms with van der Waals surface area (Å²) in [6.07, 6.45) is 3.52. The van der Waals surface area contributed by atoms with Crippen LogP contribution < -0.4 is 5.73 Å². The number of hydrogen-bond donors (Lipinski definition) is 1. The van der Waals surface area contributed by atoms with Crippen molar-refractivity contribution in [1.82, 2.24) is 4.90 Å². The summed E-state index contributed by atoms with van der Waals surface area (Å²) >= 11 is 6.03. The van der Waals surface area contributed by atoms with Crippen LogP contribution in [-0.2, 0) is 11.3 Å². The first kappa shape index (κ1) is 17.6. The molecule has 122 valence electrons. The number of nitrogens with zero attached hydrogens (tertiary/aromatic N) is 1. The van der Waals surface area contributed by atoms with Gasteiger partial charge in [0, 0.05) is 24.2 Å². The maximum atomic E-state index is 12.9. The molecule has 22 heavy (non-hydrogen) atoms. The Morgan fingerprint density at radius 1 is 1.36 bits per heavy atom. The van der Waals surface area contributed by atoms with Crippen LogP contribution in [-0.4, -0.2) is 23.4 Å². The van der Waals surface area contributed by atoms with Gasteiger partial charge >= 0.3 is 0 Å². The van der Waals surface area contributed by atoms with E-state index in [0.717, 1.165) is 12.0 Å². The average Bonchev–Trinajstić information content (AvgIpc) is 3.05. The van der Waals surface area contributed by atoms with E-state index in [1.165, 1.54) is 12.8 Å². The van der Waals surface area contributed by atoms with Gasteiger partial charge < -0.3 is 10.6 Å². The fourth-order valence-electron chi connectivity index (χ4n) is 4.11. The zero-order valence-electron chi connectivity index (χ0n) is 12.9. The largest absolute Gasteiger partial charge is 0.338 e. The van der Waals surface area contributed by atoms with Gasteiger partial charge in [0.05, 0.1) is 5.92 Å². The van der Waals surface area contributed by atoms with E-state index in [4.69, 9.17) is 17.3 Å². The van der Waals surface area contributed by atoms with Crippen molar-refractivity contribution >= 4 is 29.9 Å². The number of hydrogen-bond acceptors (Lipinski definition) is 2. The number of nitrogens with two attached hydrogens (primary N) is 1. The van der Waals surface area contributed by atoms with Crippen molar-refractivity contribution in [2.45, 2.75) is 38.8 Å². The smallest absolute Gasteiger partial charge is 0.227 e. The van der Waals surface area contributed by atoms with Crippen molar-refractivity contribution in [1.29, 1.82) is 0 Å². The van der Waals surface area contributed by atoms with Crippen molar-refractivity contribution in [2.75, 3.05) is 6.54 Å². The van der Waals surface area contributed by atoms with Crippen molar-refractivity contribution < 1.29 is 4.79 Å². The van der Waals surface area contributed by atoms with Gasteiger partial charge in [0.25, 0.3) is 0 Å². The summed E-state index contributed by atoms with van der Waals surface area (Å²) in [7, 11) is 0. The van der Waals surface area contributed by atoms with Gasteiger partial charge in [0.15, 0.2) is 0 Å². The molecule has 2 fully saturated rings. The molecule has 0 radical (unpaired) electrons. The molecule has 2 aliphatic carbocycles. The summed E-state index contributed by atoms with van der Waals surface area (Å²) in [4.78, 5) is 14.8. The second kappa shape index (κ2) is 7.20. The van der Waals surface area contributed by atoms with Crippen LogP contribution in [0.4, 0.5) is 0 Å². The fraction of sp³-hybridized carbons (Fsp3) is 0.588. The molecule has 2 N–H and O–H groups in total. The lowest BCUT2D eigenvalue weighted by Crippen LogP contribution is -2.46. The summed E-state index contributed by atoms with van der Waals surface area (Å²) in [6, 6.07) is 7.79. The molecule has 0 heterocycles. The molecule has 0 spiro atoms. The minimum Gasteiger partial charge on any atom is -0.338 e. The lowest BCUT2D eigenvalue weighted by atomic mass is 9.84. The van der Waals surface area contributed by atoms with Crippen LogP contribution in [0.5, 0.6) is 0 Å². The molecule has 3 nitrogen and oxygen atoms in total. The fourth-order valence-corrected chi connectivity index (χ4v) is 4.33. The first-order valence-corrected chi connectivity index (χ1v) is 8.26. The quantitative estimate of drug-likeness (QED) is 0.910. The maximum Gasteiger partial charge on any atom is 0.227 e. The molecule has 0 aliphatic heterocycles. The van der Waals surface area contributed by atoms with Crippen LogP contribution in [0, 0.1) is 17.8 Å². The second-order valence-corrected chi connectivity index (χ2v) is 6.86. The molecule has 1 aromatic rings. The third kappa shape index (κ3) is 3.27. The van der Waals surface area contributed by atoms with Crippen LogP contribution in [0.1, 0.15) is 31.7 Å². The summed E-state index contributed by atoms with van der Waals surface area (Å²) in [6.45, 7) is 3.36. The average molecular weight is 343 g/mol. The van der Waals surface area contributed by atoms with Crippen molar-refractivity contribution in [2.24, 2.45) is 23.5 Å². The van der Waals surface area contributed by atoms with E-state index in [2.05, 4.69) is 0 Å². The highest BCUT2D eigenvalue weighted by molar-refractivity contribution is 6.30. The molecule has 2 aliphatic rings. The Hall–Kier alpha value is -0.770. The zero-order chi connectivity index (χ0) is 15.0. The lowest BCUT2D eigenvalue weighted by molar-refractivity contribution is -0.138. The van der Waals surface area contributed by atoms with Gasteiger partial charge in [-0.1, -0.05) is 23.7 Å². The summed E-state index contributed by atoms with van der Waals surface area (Å²) in [5.74, 6) is 1.33. The zero-order valence-corrected chi connectivity index (χ0v) is 14.4. The molecule has 2 saturated carbocycles. The molecular weight excluding hydrogens is 319 g/mol. The predicted molar refractivity (Wildman–Crippen MR) is 92.1 cm³/mol. The molecule has 0 aromatic heterocycles. The Labute approximate surface area is 143 Å². The van der Waals surface area contributed by atoms with Crippen LogP contribution in [0.3, 0.4) is 0 Å². The molecule has 1 amide bonds. The Bertz CT molecular complexity index is 535. The normalized spacial score (nSPS) is 29.2. The van der Waals surface area contributed by atoms with Crippen LogP contribution in [0.25, 0.3) is 0 Å². The third-order valence-electron chi connectivity index (χ3n) is 5.22. The highest BCUT2D eigenvalue weighted by atomic mass is 35.5. The van der Waals surface area contributed by atoms with E-state index in [-0.39, 0.29) is 30.3 Å². The topological polar surface area (TPSA) is 46.3 Å². The Morgan fingerprint density at radius 3 is 2.68 bits per heavy atom. The summed E-state index contributed by atoms with van der Waals surface area (Å²) in [5, 5.41) is 0.715. The van der Waals surface area contributed by atoms with Gasteiger partial charge in [-0.15, -0.1) is 12.4 Å². The monoisotopic (exact) mass is 342 g/mol. The molecule has 5 heteroatoms. The van der Waals surface area contributed by atoms with Gasteiger partial charge in [-0.05, 0) is 55.7 Å². The molecule has 4 unspecified atom stereocenters. The number of halogens is 2. The minimum absolute atomic E-state index is 0. The first-order valence-electron chi connectivity index (χ1n) is 7.89. The summed E-state index contributed by atoms with van der Waals surface area (Å²) in [5.41, 5.74) is 7.38. The third-order valence-corrected chi connectivity index (χ3v) is 5.46. The minimum atomic E-state index is 0. The van der Waals surface area contributed by atoms with E-state index >= 15 is 0 Å². The lowest BCUT2D eigenvalue weighted by Gasteiger charge is -2.32.